The van der Waals surface area contributed by atoms with Gasteiger partial charge in [-0.25, -0.2) is 4.98 Å². The summed E-state index contributed by atoms with van der Waals surface area (Å²) in [4.78, 5) is 6.34. The van der Waals surface area contributed by atoms with Crippen molar-refractivity contribution in [2.24, 2.45) is 0 Å². The number of rotatable bonds is 6. The quantitative estimate of drug-likeness (QED) is 0.768. The molecule has 0 spiro atoms. The molecule has 2 nitrogen and oxygen atoms in total. The molecule has 0 saturated carbocycles. The van der Waals surface area contributed by atoms with Gasteiger partial charge in [0.2, 0.25) is 0 Å². The smallest absolute Gasteiger partial charge is 0.110 e. The van der Waals surface area contributed by atoms with Crippen LogP contribution in [-0.2, 0) is 12.8 Å². The largest absolute Gasteiger partial charge is 0.311 e. The Morgan fingerprint density at radius 2 is 2.25 bits per heavy atom. The van der Waals surface area contributed by atoms with Crippen molar-refractivity contribution in [2.75, 3.05) is 7.05 Å². The summed E-state index contributed by atoms with van der Waals surface area (Å²) in [6.45, 7) is 2.26. The van der Waals surface area contributed by atoms with Gasteiger partial charge in [0.25, 0.3) is 0 Å². The number of hydrogen-bond acceptors (Lipinski definition) is 3. The average Bonchev–Trinajstić information content (AvgIpc) is 2.84. The molecule has 1 atom stereocenters. The normalized spacial score (nSPS) is 16.4. The molecule has 0 saturated heterocycles. The molecule has 1 heterocycles. The van der Waals surface area contributed by atoms with Gasteiger partial charge in [0.1, 0.15) is 5.01 Å². The van der Waals surface area contributed by atoms with Crippen molar-refractivity contribution in [1.29, 1.82) is 0 Å². The van der Waals surface area contributed by atoms with E-state index in [4.69, 9.17) is 4.98 Å². The Hall–Kier alpha value is -0.410. The molecule has 90 valence electrons. The van der Waals surface area contributed by atoms with E-state index < -0.39 is 0 Å². The second-order valence-corrected chi connectivity index (χ2v) is 5.73. The lowest BCUT2D eigenvalue weighted by Gasteiger charge is -2.12. The molecule has 0 radical (unpaired) electrons. The maximum atomic E-state index is 4.80. The van der Waals surface area contributed by atoms with E-state index in [1.54, 1.807) is 4.88 Å². The average molecular weight is 238 g/mol. The van der Waals surface area contributed by atoms with E-state index in [-0.39, 0.29) is 0 Å². The zero-order chi connectivity index (χ0) is 11.4. The Morgan fingerprint density at radius 1 is 1.38 bits per heavy atom. The molecule has 2 rings (SSSR count). The Balaban J connectivity index is 1.97. The van der Waals surface area contributed by atoms with E-state index in [0.717, 1.165) is 0 Å². The first-order chi connectivity index (χ1) is 7.85. The van der Waals surface area contributed by atoms with Gasteiger partial charge in [-0.1, -0.05) is 26.2 Å². The predicted octanol–water partition coefficient (Wildman–Crippen LogP) is 3.47. The van der Waals surface area contributed by atoms with Gasteiger partial charge in [-0.05, 0) is 32.7 Å². The van der Waals surface area contributed by atoms with Crippen LogP contribution in [0.15, 0.2) is 0 Å². The second-order valence-electron chi connectivity index (χ2n) is 4.61. The molecular formula is C13H22N2S. The van der Waals surface area contributed by atoms with E-state index in [1.807, 2.05) is 11.3 Å². The highest BCUT2D eigenvalue weighted by molar-refractivity contribution is 7.11. The summed E-state index contributed by atoms with van der Waals surface area (Å²) >= 11 is 1.94. The Kier molecular flexibility index (Phi) is 4.36. The molecule has 1 aliphatic carbocycles. The van der Waals surface area contributed by atoms with Crippen molar-refractivity contribution in [3.8, 4) is 0 Å². The first-order valence-electron chi connectivity index (χ1n) is 6.51. The molecule has 1 N–H and O–H groups in total. The van der Waals surface area contributed by atoms with E-state index in [2.05, 4.69) is 19.3 Å². The topological polar surface area (TPSA) is 24.9 Å². The molecule has 1 unspecified atom stereocenters. The zero-order valence-electron chi connectivity index (χ0n) is 10.4. The van der Waals surface area contributed by atoms with E-state index in [9.17, 15) is 0 Å². The van der Waals surface area contributed by atoms with Gasteiger partial charge in [0.15, 0.2) is 0 Å². The summed E-state index contributed by atoms with van der Waals surface area (Å²) in [5, 5.41) is 4.74. The van der Waals surface area contributed by atoms with Crippen LogP contribution < -0.4 is 5.32 Å². The fourth-order valence-electron chi connectivity index (χ4n) is 2.35. The zero-order valence-corrected chi connectivity index (χ0v) is 11.2. The third-order valence-electron chi connectivity index (χ3n) is 3.36. The molecule has 0 bridgehead atoms. The maximum Gasteiger partial charge on any atom is 0.110 e. The van der Waals surface area contributed by atoms with Crippen LogP contribution in [0.1, 0.15) is 60.6 Å². The van der Waals surface area contributed by atoms with Crippen LogP contribution in [0.25, 0.3) is 0 Å². The Morgan fingerprint density at radius 3 is 2.94 bits per heavy atom. The summed E-state index contributed by atoms with van der Waals surface area (Å²) < 4.78 is 0. The predicted molar refractivity (Wildman–Crippen MR) is 70.1 cm³/mol. The monoisotopic (exact) mass is 238 g/mol. The van der Waals surface area contributed by atoms with Crippen LogP contribution in [0.3, 0.4) is 0 Å². The first-order valence-corrected chi connectivity index (χ1v) is 7.32. The molecule has 3 heteroatoms. The van der Waals surface area contributed by atoms with Crippen molar-refractivity contribution < 1.29 is 0 Å². The second kappa shape index (κ2) is 5.78. The van der Waals surface area contributed by atoms with Gasteiger partial charge in [-0.3, -0.25) is 0 Å². The van der Waals surface area contributed by atoms with Crippen LogP contribution in [0.2, 0.25) is 0 Å². The van der Waals surface area contributed by atoms with E-state index in [1.165, 1.54) is 55.6 Å². The van der Waals surface area contributed by atoms with Gasteiger partial charge in [-0.15, -0.1) is 11.3 Å². The van der Waals surface area contributed by atoms with Gasteiger partial charge < -0.3 is 5.32 Å². The molecule has 0 fully saturated rings. The Labute approximate surface area is 102 Å². The van der Waals surface area contributed by atoms with E-state index >= 15 is 0 Å². The molecule has 16 heavy (non-hydrogen) atoms. The fraction of sp³-hybridized carbons (Fsp3) is 0.769. The van der Waals surface area contributed by atoms with Gasteiger partial charge >= 0.3 is 0 Å². The lowest BCUT2D eigenvalue weighted by Crippen LogP contribution is -2.16. The minimum Gasteiger partial charge on any atom is -0.311 e. The van der Waals surface area contributed by atoms with Crippen LogP contribution in [0, 0.1) is 0 Å². The first kappa shape index (κ1) is 12.1. The molecule has 0 amide bonds. The third-order valence-corrected chi connectivity index (χ3v) is 4.63. The lowest BCUT2D eigenvalue weighted by atomic mass is 10.1. The highest BCUT2D eigenvalue weighted by Gasteiger charge is 2.20. The van der Waals surface area contributed by atoms with Gasteiger partial charge in [0, 0.05) is 4.88 Å². The van der Waals surface area contributed by atoms with Gasteiger partial charge in [-0.2, -0.15) is 0 Å². The summed E-state index contributed by atoms with van der Waals surface area (Å²) in [6.07, 6.45) is 8.96. The van der Waals surface area contributed by atoms with Crippen molar-refractivity contribution in [3.05, 3.63) is 15.6 Å². The van der Waals surface area contributed by atoms with Crippen molar-refractivity contribution in [2.45, 2.75) is 57.9 Å². The molecule has 1 aliphatic rings. The molecule has 1 aromatic rings. The number of aryl methyl sites for hydroxylation is 2. The summed E-state index contributed by atoms with van der Waals surface area (Å²) in [5.74, 6) is 0. The molecule has 1 aromatic heterocycles. The SMILES string of the molecule is CCCCCC(NC)c1nc2c(s1)CCC2. The van der Waals surface area contributed by atoms with Crippen molar-refractivity contribution in [1.82, 2.24) is 10.3 Å². The third kappa shape index (κ3) is 2.64. The molecular weight excluding hydrogens is 216 g/mol. The van der Waals surface area contributed by atoms with Crippen LogP contribution >= 0.6 is 11.3 Å². The molecule has 0 aliphatic heterocycles. The number of nitrogens with one attached hydrogen (secondary N) is 1. The maximum absolute atomic E-state index is 4.80. The highest BCUT2D eigenvalue weighted by Crippen LogP contribution is 2.32. The van der Waals surface area contributed by atoms with Gasteiger partial charge in [0.05, 0.1) is 11.7 Å². The lowest BCUT2D eigenvalue weighted by molar-refractivity contribution is 0.509. The number of nitrogens with zero attached hydrogens (tertiary/aromatic N) is 1. The highest BCUT2D eigenvalue weighted by atomic mass is 32.1. The Bertz CT molecular complexity index is 311. The fourth-order valence-corrected chi connectivity index (χ4v) is 3.65. The minimum absolute atomic E-state index is 0.488. The number of aromatic nitrogens is 1. The number of unbranched alkanes of at least 4 members (excludes halogenated alkanes) is 2. The summed E-state index contributed by atoms with van der Waals surface area (Å²) in [6, 6.07) is 0.488. The van der Waals surface area contributed by atoms with E-state index in [0.29, 0.717) is 6.04 Å². The number of hydrogen-bond donors (Lipinski definition) is 1. The standard InChI is InChI=1S/C13H22N2S/c1-3-4-5-7-11(14-2)13-15-10-8-6-9-12(10)16-13/h11,14H,3-9H2,1-2H3. The van der Waals surface area contributed by atoms with Crippen LogP contribution in [0.4, 0.5) is 0 Å². The number of fused-ring (bicyclic) bond motifs is 1. The van der Waals surface area contributed by atoms with Crippen molar-refractivity contribution in [3.63, 3.8) is 0 Å². The minimum atomic E-state index is 0.488. The number of thiazole rings is 1. The van der Waals surface area contributed by atoms with Crippen LogP contribution in [0.5, 0.6) is 0 Å². The van der Waals surface area contributed by atoms with Crippen molar-refractivity contribution >= 4 is 11.3 Å². The molecule has 0 aromatic carbocycles. The summed E-state index contributed by atoms with van der Waals surface area (Å²) in [5.41, 5.74) is 1.38. The van der Waals surface area contributed by atoms with Crippen LogP contribution in [-0.4, -0.2) is 12.0 Å². The summed E-state index contributed by atoms with van der Waals surface area (Å²) in [7, 11) is 2.06.